The molecule has 2 aromatic carbocycles. The molecule has 0 saturated heterocycles. The number of unbranched alkanes of at least 4 members (excludes halogenated alkanes) is 53. The Kier molecular flexibility index (Phi) is 63.5. The summed E-state index contributed by atoms with van der Waals surface area (Å²) in [6, 6.07) is 17.8. The van der Waals surface area contributed by atoms with Gasteiger partial charge in [0.15, 0.2) is 0 Å². The SMILES string of the molecule is CCCCCCCCCCCCCCCCCCCCCCCCCC#CCCCc1ccccc1C1=C(CCCC)C(CCCC)=C(c2cccc(CCCC)c2)[N+]1=[N-].CCCCCCCCCCCCCCC[CH2][Ni][CH2]CCCCCCCCCCCCCCC. The normalized spacial score (nSPS) is 12.4. The molecule has 2 aromatic rings. The zero-order valence-corrected chi connectivity index (χ0v) is 64.5. The second kappa shape index (κ2) is 68.1. The minimum atomic E-state index is 0.939. The van der Waals surface area contributed by atoms with Crippen LogP contribution >= 0.6 is 0 Å². The van der Waals surface area contributed by atoms with Gasteiger partial charge in [0.2, 0.25) is 11.4 Å². The van der Waals surface area contributed by atoms with Crippen molar-refractivity contribution in [2.45, 2.75) is 463 Å². The Balaban J connectivity index is 0.000000756. The van der Waals surface area contributed by atoms with Gasteiger partial charge in [-0.2, -0.15) is 0 Å². The molecule has 2 nitrogen and oxygen atoms in total. The molecular weight excluding hydrogens is 1170 g/mol. The molecule has 0 atom stereocenters. The van der Waals surface area contributed by atoms with Crippen LogP contribution in [0, 0.1) is 11.8 Å². The fourth-order valence-corrected chi connectivity index (χ4v) is 15.3. The predicted octanol–water partition coefficient (Wildman–Crippen LogP) is 32.2. The van der Waals surface area contributed by atoms with E-state index in [1.165, 1.54) is 379 Å². The van der Waals surface area contributed by atoms with Gasteiger partial charge >= 0.3 is 166 Å². The molecule has 0 spiro atoms. The molecule has 0 radical (unpaired) electrons. The molecule has 1 aliphatic rings. The molecular formula is C90H158N2Ni. The van der Waals surface area contributed by atoms with E-state index < -0.39 is 0 Å². The monoisotopic (exact) mass is 1330 g/mol. The molecule has 0 N–H and O–H groups in total. The zero-order chi connectivity index (χ0) is 66.6. The van der Waals surface area contributed by atoms with Gasteiger partial charge in [-0.15, -0.1) is 11.8 Å². The number of benzene rings is 2. The Labute approximate surface area is 589 Å². The minimum absolute atomic E-state index is 0.939. The third-order valence-corrected chi connectivity index (χ3v) is 21.5. The number of allylic oxidation sites excluding steroid dienone is 2. The summed E-state index contributed by atoms with van der Waals surface area (Å²) in [5.74, 6) is 7.00. The number of nitrogens with zero attached hydrogens (tertiary/aromatic N) is 2. The summed E-state index contributed by atoms with van der Waals surface area (Å²) in [6.45, 7) is 13.7. The van der Waals surface area contributed by atoms with Crippen LogP contribution in [0.25, 0.3) is 16.9 Å². The molecule has 3 heteroatoms. The molecule has 0 bridgehead atoms. The van der Waals surface area contributed by atoms with Gasteiger partial charge in [-0.25, -0.2) is 4.70 Å². The molecule has 538 valence electrons. The topological polar surface area (TPSA) is 25.3 Å². The Morgan fingerprint density at radius 1 is 0.290 bits per heavy atom. The van der Waals surface area contributed by atoms with E-state index in [4.69, 9.17) is 0 Å². The van der Waals surface area contributed by atoms with Crippen LogP contribution in [-0.4, -0.2) is 4.70 Å². The van der Waals surface area contributed by atoms with Gasteiger partial charge in [-0.1, -0.05) is 271 Å². The van der Waals surface area contributed by atoms with E-state index in [2.05, 4.69) is 102 Å². The average molecular weight is 1330 g/mol. The van der Waals surface area contributed by atoms with Crippen LogP contribution in [0.1, 0.15) is 462 Å². The van der Waals surface area contributed by atoms with Crippen LogP contribution < -0.4 is 0 Å². The third kappa shape index (κ3) is 48.9. The first-order valence-corrected chi connectivity index (χ1v) is 43.5. The smallest absolute Gasteiger partial charge is 0.0654 e. The summed E-state index contributed by atoms with van der Waals surface area (Å²) in [6.07, 6.45) is 88.2. The van der Waals surface area contributed by atoms with Crippen molar-refractivity contribution in [2.75, 3.05) is 0 Å². The second-order valence-corrected chi connectivity index (χ2v) is 30.5. The predicted molar refractivity (Wildman–Crippen MR) is 415 cm³/mol. The average Bonchev–Trinajstić information content (AvgIpc) is 1.62. The molecule has 3 rings (SSSR count). The molecule has 0 unspecified atom stereocenters. The summed E-state index contributed by atoms with van der Waals surface area (Å²) in [4.78, 5) is 0. The molecule has 0 amide bonds. The van der Waals surface area contributed by atoms with Crippen LogP contribution in [-0.2, 0) is 27.3 Å². The van der Waals surface area contributed by atoms with Crippen LogP contribution in [0.5, 0.6) is 0 Å². The van der Waals surface area contributed by atoms with Gasteiger partial charge in [0.05, 0.1) is 0 Å². The number of hydrogen-bond donors (Lipinski definition) is 0. The molecule has 0 aliphatic carbocycles. The van der Waals surface area contributed by atoms with Gasteiger partial charge in [-0.3, -0.25) is 0 Å². The molecule has 1 aliphatic heterocycles. The summed E-state index contributed by atoms with van der Waals surface area (Å²) >= 11 is 2.04. The van der Waals surface area contributed by atoms with Crippen molar-refractivity contribution in [3.8, 4) is 11.8 Å². The summed E-state index contributed by atoms with van der Waals surface area (Å²) in [5.41, 5.74) is 21.9. The first-order chi connectivity index (χ1) is 46.1. The molecule has 0 saturated carbocycles. The standard InChI is InChI=1S/C58H92N2.2C16H33.Ni/c1-5-9-13-14-15-16-17-18-19-20-21-22-23-24-25-26-27-28-29-30-31-32-33-34-35-36-37-38-44-52-45-39-40-49-54(52)58-56(48-12-8-4)55(47-11-7-3)57(60(58)59)53-46-41-43-51(50-53)42-10-6-2;2*1-3-5-7-9-11-13-15-16-14-12-10-8-6-4-2;/h39-41,43,45-46,49-50H,5-34,37-38,42,44,47-48H2,1-4H3;2*1,3-16H2,2H3;. The van der Waals surface area contributed by atoms with Gasteiger partial charge < -0.3 is 5.53 Å². The van der Waals surface area contributed by atoms with Gasteiger partial charge in [0, 0.05) is 35.1 Å². The third-order valence-electron chi connectivity index (χ3n) is 20.1. The summed E-state index contributed by atoms with van der Waals surface area (Å²) < 4.78 is 1.58. The second-order valence-electron chi connectivity index (χ2n) is 29.0. The van der Waals surface area contributed by atoms with Crippen LogP contribution in [0.2, 0.25) is 10.8 Å². The summed E-state index contributed by atoms with van der Waals surface area (Å²) in [7, 11) is 0. The fraction of sp³-hybridized carbons (Fsp3) is 0.800. The number of rotatable bonds is 67. The van der Waals surface area contributed by atoms with Crippen molar-refractivity contribution >= 4 is 11.4 Å². The van der Waals surface area contributed by atoms with E-state index >= 15 is 0 Å². The van der Waals surface area contributed by atoms with Crippen LogP contribution in [0.4, 0.5) is 0 Å². The zero-order valence-electron chi connectivity index (χ0n) is 63.5. The van der Waals surface area contributed by atoms with E-state index in [9.17, 15) is 5.53 Å². The molecule has 0 aromatic heterocycles. The Morgan fingerprint density at radius 3 is 0.978 bits per heavy atom. The Morgan fingerprint density at radius 2 is 0.602 bits per heavy atom. The van der Waals surface area contributed by atoms with E-state index in [1.807, 2.05) is 14.4 Å². The minimum Gasteiger partial charge on any atom is -0.0654 e. The van der Waals surface area contributed by atoms with E-state index in [0.717, 1.165) is 87.6 Å². The van der Waals surface area contributed by atoms with Gasteiger partial charge in [0.25, 0.3) is 0 Å². The van der Waals surface area contributed by atoms with Crippen molar-refractivity contribution in [3.05, 3.63) is 87.5 Å². The van der Waals surface area contributed by atoms with Crippen molar-refractivity contribution in [1.82, 2.24) is 0 Å². The number of hydrogen-bond acceptors (Lipinski definition) is 0. The Bertz CT molecular complexity index is 2050. The first-order valence-electron chi connectivity index (χ1n) is 42.1. The molecule has 1 heterocycles. The van der Waals surface area contributed by atoms with Crippen LogP contribution in [0.15, 0.2) is 59.7 Å². The van der Waals surface area contributed by atoms with Crippen LogP contribution in [0.3, 0.4) is 0 Å². The first kappa shape index (κ1) is 86.7. The summed E-state index contributed by atoms with van der Waals surface area (Å²) in [5, 5.41) is 2.87. The quantitative estimate of drug-likeness (QED) is 0.0273. The van der Waals surface area contributed by atoms with Crippen molar-refractivity contribution in [3.63, 3.8) is 0 Å². The maximum atomic E-state index is 12.2. The van der Waals surface area contributed by atoms with Crippen molar-refractivity contribution < 1.29 is 19.1 Å². The Hall–Kier alpha value is -2.43. The van der Waals surface area contributed by atoms with Gasteiger partial charge in [-0.05, 0) is 87.1 Å². The van der Waals surface area contributed by atoms with E-state index in [-0.39, 0.29) is 0 Å². The van der Waals surface area contributed by atoms with Crippen molar-refractivity contribution in [2.24, 2.45) is 0 Å². The van der Waals surface area contributed by atoms with E-state index in [1.54, 1.807) is 4.70 Å². The number of aryl methyl sites for hydroxylation is 2. The fourth-order valence-electron chi connectivity index (χ4n) is 14.0. The maximum absolute atomic E-state index is 12.2. The van der Waals surface area contributed by atoms with Gasteiger partial charge in [0.1, 0.15) is 0 Å². The molecule has 0 fully saturated rings. The molecule has 93 heavy (non-hydrogen) atoms. The van der Waals surface area contributed by atoms with E-state index in [0.29, 0.717) is 0 Å². The van der Waals surface area contributed by atoms with Crippen molar-refractivity contribution in [1.29, 1.82) is 0 Å².